The molecule has 0 spiro atoms. The average molecular weight is 281 g/mol. The Balaban J connectivity index is 2.20. The van der Waals surface area contributed by atoms with Gasteiger partial charge in [-0.25, -0.2) is 0 Å². The van der Waals surface area contributed by atoms with Gasteiger partial charge in [-0.05, 0) is 37.2 Å². The highest BCUT2D eigenvalue weighted by molar-refractivity contribution is 6.52. The van der Waals surface area contributed by atoms with Gasteiger partial charge in [0.15, 0.2) is 0 Å². The monoisotopic (exact) mass is 280 g/mol. The number of amides is 1. The number of halogens is 1. The van der Waals surface area contributed by atoms with E-state index in [9.17, 15) is 9.59 Å². The van der Waals surface area contributed by atoms with E-state index in [0.717, 1.165) is 13.1 Å². The number of nitrogens with one attached hydrogen (secondary N) is 1. The van der Waals surface area contributed by atoms with E-state index in [-0.39, 0.29) is 5.92 Å². The molecule has 0 radical (unpaired) electrons. The number of hydrogen-bond acceptors (Lipinski definition) is 3. The van der Waals surface area contributed by atoms with Crippen molar-refractivity contribution in [1.82, 2.24) is 5.32 Å². The molecule has 0 aliphatic carbocycles. The summed E-state index contributed by atoms with van der Waals surface area (Å²) in [5.74, 6) is -0.635. The lowest BCUT2D eigenvalue weighted by Gasteiger charge is -2.21. The largest absolute Gasteiger partial charge is 0.317 e. The molecule has 0 aromatic heterocycles. The van der Waals surface area contributed by atoms with Crippen LogP contribution in [0.1, 0.15) is 24.2 Å². The first kappa shape index (κ1) is 14.0. The molecule has 0 fully saturated rings. The fourth-order valence-corrected chi connectivity index (χ4v) is 2.38. The van der Waals surface area contributed by atoms with Crippen LogP contribution >= 0.6 is 11.6 Å². The maximum atomic E-state index is 12.0. The van der Waals surface area contributed by atoms with Crippen molar-refractivity contribution in [2.24, 2.45) is 5.92 Å². The molecule has 1 unspecified atom stereocenters. The van der Waals surface area contributed by atoms with Crippen molar-refractivity contribution in [3.63, 3.8) is 0 Å². The summed E-state index contributed by atoms with van der Waals surface area (Å²) in [6.45, 7) is 6.30. The first-order valence-electron chi connectivity index (χ1n) is 6.41. The quantitative estimate of drug-likeness (QED) is 0.841. The molecule has 1 N–H and O–H groups in total. The molecule has 5 heteroatoms. The first-order valence-corrected chi connectivity index (χ1v) is 6.78. The van der Waals surface area contributed by atoms with Gasteiger partial charge >= 0.3 is 0 Å². The number of nitrogens with zero attached hydrogens (tertiary/aromatic N) is 1. The molecule has 0 saturated heterocycles. The van der Waals surface area contributed by atoms with Crippen molar-refractivity contribution in [2.75, 3.05) is 24.5 Å². The molecule has 4 nitrogen and oxygen atoms in total. The molecule has 19 heavy (non-hydrogen) atoms. The third-order valence-electron chi connectivity index (χ3n) is 3.17. The summed E-state index contributed by atoms with van der Waals surface area (Å²) in [4.78, 5) is 25.4. The zero-order valence-electron chi connectivity index (χ0n) is 11.1. The van der Waals surface area contributed by atoms with Crippen LogP contribution in [0.3, 0.4) is 0 Å². The van der Waals surface area contributed by atoms with Crippen molar-refractivity contribution in [1.29, 1.82) is 0 Å². The Labute approximate surface area is 117 Å². The van der Waals surface area contributed by atoms with Gasteiger partial charge in [0.05, 0.1) is 11.3 Å². The number of benzene rings is 1. The summed E-state index contributed by atoms with van der Waals surface area (Å²) in [6, 6.07) is 4.93. The third kappa shape index (κ3) is 2.80. The molecule has 1 aromatic rings. The Morgan fingerprint density at radius 3 is 2.79 bits per heavy atom. The van der Waals surface area contributed by atoms with Crippen molar-refractivity contribution >= 4 is 29.0 Å². The third-order valence-corrected chi connectivity index (χ3v) is 3.41. The van der Waals surface area contributed by atoms with Crippen LogP contribution in [0.25, 0.3) is 0 Å². The number of carbonyl (C=O) groups is 2. The van der Waals surface area contributed by atoms with Crippen molar-refractivity contribution in [2.45, 2.75) is 13.8 Å². The van der Waals surface area contributed by atoms with Crippen LogP contribution in [-0.4, -0.2) is 31.3 Å². The topological polar surface area (TPSA) is 49.4 Å². The van der Waals surface area contributed by atoms with Gasteiger partial charge in [0.25, 0.3) is 11.7 Å². The summed E-state index contributed by atoms with van der Waals surface area (Å²) in [5.41, 5.74) is 1.08. The van der Waals surface area contributed by atoms with Gasteiger partial charge < -0.3 is 10.2 Å². The predicted molar refractivity (Wildman–Crippen MR) is 75.8 cm³/mol. The molecule has 0 bridgehead atoms. The molecule has 1 amide bonds. The van der Waals surface area contributed by atoms with Gasteiger partial charge in [0.2, 0.25) is 0 Å². The molecule has 1 heterocycles. The van der Waals surface area contributed by atoms with Gasteiger partial charge in [-0.2, -0.15) is 0 Å². The molecule has 102 valence electrons. The van der Waals surface area contributed by atoms with Gasteiger partial charge in [-0.3, -0.25) is 9.59 Å². The highest BCUT2D eigenvalue weighted by Gasteiger charge is 2.36. The van der Waals surface area contributed by atoms with E-state index >= 15 is 0 Å². The van der Waals surface area contributed by atoms with Gasteiger partial charge in [-0.15, -0.1) is 0 Å². The van der Waals surface area contributed by atoms with Crippen LogP contribution in [0.5, 0.6) is 0 Å². The lowest BCUT2D eigenvalue weighted by Crippen LogP contribution is -2.36. The second kappa shape index (κ2) is 5.72. The molecule has 1 aliphatic heterocycles. The Bertz CT molecular complexity index is 516. The second-order valence-corrected chi connectivity index (χ2v) is 5.26. The molecular formula is C14H17ClN2O2. The number of ketones is 1. The second-order valence-electron chi connectivity index (χ2n) is 4.82. The first-order chi connectivity index (χ1) is 9.04. The van der Waals surface area contributed by atoms with Crippen LogP contribution in [0.4, 0.5) is 5.69 Å². The zero-order valence-corrected chi connectivity index (χ0v) is 11.8. The number of Topliss-reactive ketones (excluding diaryl/α,β-unsaturated/α-hetero) is 1. The highest BCUT2D eigenvalue weighted by atomic mass is 35.5. The maximum Gasteiger partial charge on any atom is 0.299 e. The molecule has 0 saturated carbocycles. The van der Waals surface area contributed by atoms with Crippen LogP contribution in [0.2, 0.25) is 5.02 Å². The standard InChI is InChI=1S/C14H17ClN2O2/c1-3-16-7-9(2)8-17-12-6-10(15)4-5-11(12)13(18)14(17)19/h4-6,9,16H,3,7-8H2,1-2H3. The van der Waals surface area contributed by atoms with Crippen molar-refractivity contribution in [3.05, 3.63) is 28.8 Å². The molecular weight excluding hydrogens is 264 g/mol. The molecule has 1 aliphatic rings. The summed E-state index contributed by atoms with van der Waals surface area (Å²) in [6.07, 6.45) is 0. The number of rotatable bonds is 5. The number of fused-ring (bicyclic) bond motifs is 1. The average Bonchev–Trinajstić information content (AvgIpc) is 2.61. The summed E-state index contributed by atoms with van der Waals surface area (Å²) in [5, 5.41) is 3.77. The summed E-state index contributed by atoms with van der Waals surface area (Å²) < 4.78 is 0. The number of hydrogen-bond donors (Lipinski definition) is 1. The van der Waals surface area contributed by atoms with Crippen LogP contribution in [-0.2, 0) is 4.79 Å². The van der Waals surface area contributed by atoms with E-state index in [2.05, 4.69) is 5.32 Å². The lowest BCUT2D eigenvalue weighted by molar-refractivity contribution is -0.114. The van der Waals surface area contributed by atoms with E-state index in [1.54, 1.807) is 18.2 Å². The Morgan fingerprint density at radius 2 is 2.11 bits per heavy atom. The van der Waals surface area contributed by atoms with E-state index in [4.69, 9.17) is 11.6 Å². The van der Waals surface area contributed by atoms with Crippen LogP contribution in [0.15, 0.2) is 18.2 Å². The van der Waals surface area contributed by atoms with Crippen LogP contribution < -0.4 is 10.2 Å². The van der Waals surface area contributed by atoms with Gasteiger partial charge in [-0.1, -0.05) is 25.4 Å². The summed E-state index contributed by atoms with van der Waals surface area (Å²) >= 11 is 5.94. The minimum atomic E-state index is -0.458. The normalized spacial score (nSPS) is 15.8. The van der Waals surface area contributed by atoms with Crippen molar-refractivity contribution in [3.8, 4) is 0 Å². The fraction of sp³-hybridized carbons (Fsp3) is 0.429. The Kier molecular flexibility index (Phi) is 4.22. The van der Waals surface area contributed by atoms with Crippen LogP contribution in [0, 0.1) is 5.92 Å². The Morgan fingerprint density at radius 1 is 1.37 bits per heavy atom. The van der Waals surface area contributed by atoms with E-state index in [1.807, 2.05) is 13.8 Å². The minimum absolute atomic E-state index is 0.265. The minimum Gasteiger partial charge on any atom is -0.317 e. The lowest BCUT2D eigenvalue weighted by atomic mass is 10.1. The van der Waals surface area contributed by atoms with Crippen molar-refractivity contribution < 1.29 is 9.59 Å². The smallest absolute Gasteiger partial charge is 0.299 e. The van der Waals surface area contributed by atoms with Gasteiger partial charge in [0, 0.05) is 11.6 Å². The molecule has 2 rings (SSSR count). The van der Waals surface area contributed by atoms with E-state index in [0.29, 0.717) is 22.8 Å². The maximum absolute atomic E-state index is 12.0. The number of carbonyl (C=O) groups excluding carboxylic acids is 2. The fourth-order valence-electron chi connectivity index (χ4n) is 2.22. The summed E-state index contributed by atoms with van der Waals surface area (Å²) in [7, 11) is 0. The van der Waals surface area contributed by atoms with E-state index < -0.39 is 11.7 Å². The SMILES string of the molecule is CCNCC(C)CN1C(=O)C(=O)c2ccc(Cl)cc21. The Hall–Kier alpha value is -1.39. The molecule has 1 aromatic carbocycles. The number of anilines is 1. The van der Waals surface area contributed by atoms with E-state index in [1.165, 1.54) is 4.90 Å². The highest BCUT2D eigenvalue weighted by Crippen LogP contribution is 2.31. The van der Waals surface area contributed by atoms with Gasteiger partial charge in [0.1, 0.15) is 0 Å². The molecule has 1 atom stereocenters. The predicted octanol–water partition coefficient (Wildman–Crippen LogP) is 2.11. The zero-order chi connectivity index (χ0) is 14.0.